The van der Waals surface area contributed by atoms with Crippen molar-refractivity contribution in [1.29, 1.82) is 0 Å². The van der Waals surface area contributed by atoms with E-state index in [0.717, 1.165) is 19.4 Å². The minimum absolute atomic E-state index is 0.414. The highest BCUT2D eigenvalue weighted by Crippen LogP contribution is 2.25. The predicted octanol–water partition coefficient (Wildman–Crippen LogP) is 1.94. The molecule has 2 saturated heterocycles. The maximum Gasteiger partial charge on any atom is 0.222 e. The SMILES string of the molecule is O=C1CCCCC2CCCCN12. The van der Waals surface area contributed by atoms with Gasteiger partial charge in [0.2, 0.25) is 5.91 Å². The molecule has 0 spiro atoms. The molecule has 2 heterocycles. The van der Waals surface area contributed by atoms with Crippen LogP contribution in [0.1, 0.15) is 44.9 Å². The third-order valence-corrected chi connectivity index (χ3v) is 3.13. The molecule has 0 aromatic heterocycles. The molecule has 0 aromatic rings. The molecule has 0 aliphatic carbocycles. The molecule has 68 valence electrons. The van der Waals surface area contributed by atoms with Crippen LogP contribution in [0.25, 0.3) is 0 Å². The summed E-state index contributed by atoms with van der Waals surface area (Å²) in [7, 11) is 0. The zero-order valence-electron chi connectivity index (χ0n) is 7.59. The Morgan fingerprint density at radius 2 is 1.83 bits per heavy atom. The topological polar surface area (TPSA) is 20.3 Å². The van der Waals surface area contributed by atoms with E-state index >= 15 is 0 Å². The average Bonchev–Trinajstić information content (AvgIpc) is 2.29. The molecule has 2 rings (SSSR count). The molecule has 2 heteroatoms. The van der Waals surface area contributed by atoms with Crippen LogP contribution in [-0.2, 0) is 4.79 Å². The Morgan fingerprint density at radius 3 is 2.67 bits per heavy atom. The molecule has 0 N–H and O–H groups in total. The molecule has 0 saturated carbocycles. The van der Waals surface area contributed by atoms with Crippen molar-refractivity contribution in [2.45, 2.75) is 51.0 Å². The van der Waals surface area contributed by atoms with Gasteiger partial charge in [-0.1, -0.05) is 6.42 Å². The summed E-state index contributed by atoms with van der Waals surface area (Å²) in [5, 5.41) is 0. The molecule has 2 aliphatic heterocycles. The van der Waals surface area contributed by atoms with Crippen LogP contribution in [0.5, 0.6) is 0 Å². The Hall–Kier alpha value is -0.530. The van der Waals surface area contributed by atoms with E-state index in [2.05, 4.69) is 4.90 Å². The average molecular weight is 167 g/mol. The van der Waals surface area contributed by atoms with E-state index in [-0.39, 0.29) is 0 Å². The summed E-state index contributed by atoms with van der Waals surface area (Å²) in [5.74, 6) is 0.414. The van der Waals surface area contributed by atoms with Gasteiger partial charge in [0.25, 0.3) is 0 Å². The van der Waals surface area contributed by atoms with Crippen molar-refractivity contribution in [2.75, 3.05) is 6.54 Å². The predicted molar refractivity (Wildman–Crippen MR) is 47.8 cm³/mol. The molecule has 12 heavy (non-hydrogen) atoms. The van der Waals surface area contributed by atoms with Crippen LogP contribution in [-0.4, -0.2) is 23.4 Å². The first-order chi connectivity index (χ1) is 5.88. The minimum atomic E-state index is 0.414. The number of nitrogens with zero attached hydrogens (tertiary/aromatic N) is 1. The standard InChI is InChI=1S/C10H17NO/c12-10-7-2-1-5-9-6-3-4-8-11(9)10/h9H,1-8H2. The van der Waals surface area contributed by atoms with Gasteiger partial charge in [-0.05, 0) is 32.1 Å². The Morgan fingerprint density at radius 1 is 1.08 bits per heavy atom. The van der Waals surface area contributed by atoms with Gasteiger partial charge in [-0.25, -0.2) is 0 Å². The van der Waals surface area contributed by atoms with Gasteiger partial charge in [0, 0.05) is 19.0 Å². The van der Waals surface area contributed by atoms with E-state index in [1.54, 1.807) is 0 Å². The molecule has 0 bridgehead atoms. The van der Waals surface area contributed by atoms with Crippen LogP contribution < -0.4 is 0 Å². The summed E-state index contributed by atoms with van der Waals surface area (Å²) in [5.41, 5.74) is 0. The summed E-state index contributed by atoms with van der Waals surface area (Å²) >= 11 is 0. The van der Waals surface area contributed by atoms with E-state index in [4.69, 9.17) is 0 Å². The lowest BCUT2D eigenvalue weighted by Gasteiger charge is -2.34. The van der Waals surface area contributed by atoms with Crippen molar-refractivity contribution in [3.8, 4) is 0 Å². The molecular formula is C10H17NO. The maximum absolute atomic E-state index is 11.6. The number of fused-ring (bicyclic) bond motifs is 1. The van der Waals surface area contributed by atoms with Gasteiger partial charge in [-0.15, -0.1) is 0 Å². The van der Waals surface area contributed by atoms with E-state index in [1.165, 1.54) is 32.1 Å². The van der Waals surface area contributed by atoms with Crippen molar-refractivity contribution in [2.24, 2.45) is 0 Å². The lowest BCUT2D eigenvalue weighted by molar-refractivity contribution is -0.134. The first kappa shape index (κ1) is 8.09. The van der Waals surface area contributed by atoms with Gasteiger partial charge in [0.05, 0.1) is 0 Å². The summed E-state index contributed by atoms with van der Waals surface area (Å²) in [6.07, 6.45) is 8.24. The van der Waals surface area contributed by atoms with Crippen LogP contribution in [0, 0.1) is 0 Å². The molecule has 0 aromatic carbocycles. The second kappa shape index (κ2) is 3.46. The van der Waals surface area contributed by atoms with Crippen LogP contribution in [0.2, 0.25) is 0 Å². The third-order valence-electron chi connectivity index (χ3n) is 3.13. The minimum Gasteiger partial charge on any atom is -0.340 e. The highest BCUT2D eigenvalue weighted by atomic mass is 16.2. The maximum atomic E-state index is 11.6. The number of piperidine rings is 1. The number of carbonyl (C=O) groups is 1. The Bertz CT molecular complexity index is 179. The molecule has 1 unspecified atom stereocenters. The quantitative estimate of drug-likeness (QED) is 0.540. The molecule has 1 amide bonds. The van der Waals surface area contributed by atoms with Crippen LogP contribution >= 0.6 is 0 Å². The fraction of sp³-hybridized carbons (Fsp3) is 0.900. The van der Waals surface area contributed by atoms with Crippen molar-refractivity contribution < 1.29 is 4.79 Å². The fourth-order valence-electron chi connectivity index (χ4n) is 2.43. The van der Waals surface area contributed by atoms with Crippen LogP contribution in [0.4, 0.5) is 0 Å². The normalized spacial score (nSPS) is 31.2. The lowest BCUT2D eigenvalue weighted by Crippen LogP contribution is -2.42. The number of carbonyl (C=O) groups excluding carboxylic acids is 1. The van der Waals surface area contributed by atoms with Crippen LogP contribution in [0.15, 0.2) is 0 Å². The van der Waals surface area contributed by atoms with Crippen molar-refractivity contribution in [1.82, 2.24) is 4.90 Å². The van der Waals surface area contributed by atoms with Crippen molar-refractivity contribution >= 4 is 5.91 Å². The van der Waals surface area contributed by atoms with E-state index < -0.39 is 0 Å². The van der Waals surface area contributed by atoms with Gasteiger partial charge in [-0.2, -0.15) is 0 Å². The van der Waals surface area contributed by atoms with Crippen molar-refractivity contribution in [3.63, 3.8) is 0 Å². The van der Waals surface area contributed by atoms with Gasteiger partial charge in [0.15, 0.2) is 0 Å². The Kier molecular flexibility index (Phi) is 2.33. The highest BCUT2D eigenvalue weighted by Gasteiger charge is 2.27. The number of amides is 1. The van der Waals surface area contributed by atoms with E-state index in [1.807, 2.05) is 0 Å². The summed E-state index contributed by atoms with van der Waals surface area (Å²) in [6.45, 7) is 1.03. The number of rotatable bonds is 0. The summed E-state index contributed by atoms with van der Waals surface area (Å²) in [4.78, 5) is 13.7. The smallest absolute Gasteiger partial charge is 0.222 e. The molecule has 1 atom stereocenters. The number of hydrogen-bond acceptors (Lipinski definition) is 1. The second-order valence-electron chi connectivity index (χ2n) is 3.98. The van der Waals surface area contributed by atoms with Gasteiger partial charge >= 0.3 is 0 Å². The highest BCUT2D eigenvalue weighted by molar-refractivity contribution is 5.76. The Balaban J connectivity index is 2.06. The van der Waals surface area contributed by atoms with Gasteiger partial charge < -0.3 is 4.90 Å². The lowest BCUT2D eigenvalue weighted by atomic mass is 9.99. The largest absolute Gasteiger partial charge is 0.340 e. The molecule has 2 aliphatic rings. The molecule has 2 fully saturated rings. The molecule has 0 radical (unpaired) electrons. The van der Waals surface area contributed by atoms with E-state index in [9.17, 15) is 4.79 Å². The number of hydrogen-bond donors (Lipinski definition) is 0. The van der Waals surface area contributed by atoms with E-state index in [0.29, 0.717) is 11.9 Å². The monoisotopic (exact) mass is 167 g/mol. The molecular weight excluding hydrogens is 150 g/mol. The third kappa shape index (κ3) is 1.47. The first-order valence-corrected chi connectivity index (χ1v) is 5.17. The Labute approximate surface area is 73.9 Å². The van der Waals surface area contributed by atoms with Gasteiger partial charge in [0.1, 0.15) is 0 Å². The summed E-state index contributed by atoms with van der Waals surface area (Å²) < 4.78 is 0. The van der Waals surface area contributed by atoms with Gasteiger partial charge in [-0.3, -0.25) is 4.79 Å². The zero-order chi connectivity index (χ0) is 8.39. The fourth-order valence-corrected chi connectivity index (χ4v) is 2.43. The summed E-state index contributed by atoms with van der Waals surface area (Å²) in [6, 6.07) is 0.605. The zero-order valence-corrected chi connectivity index (χ0v) is 7.59. The molecule has 2 nitrogen and oxygen atoms in total. The van der Waals surface area contributed by atoms with Crippen LogP contribution in [0.3, 0.4) is 0 Å². The van der Waals surface area contributed by atoms with Crippen molar-refractivity contribution in [3.05, 3.63) is 0 Å². The first-order valence-electron chi connectivity index (χ1n) is 5.17. The second-order valence-corrected chi connectivity index (χ2v) is 3.98.